The second-order valence-corrected chi connectivity index (χ2v) is 5.48. The number of aliphatic hydroxyl groups is 1. The molecule has 3 nitrogen and oxygen atoms in total. The van der Waals surface area contributed by atoms with Crippen molar-refractivity contribution >= 4 is 0 Å². The first-order valence-corrected chi connectivity index (χ1v) is 7.29. The molecule has 2 N–H and O–H groups in total. The molecule has 0 amide bonds. The molecule has 102 valence electrons. The lowest BCUT2D eigenvalue weighted by Gasteiger charge is -2.41. The molecule has 3 heteroatoms. The molecular weight excluding hydrogens is 212 g/mol. The quantitative estimate of drug-likeness (QED) is 0.715. The zero-order valence-electron chi connectivity index (χ0n) is 11.8. The van der Waals surface area contributed by atoms with E-state index in [9.17, 15) is 0 Å². The van der Waals surface area contributed by atoms with Gasteiger partial charge in [-0.05, 0) is 45.1 Å². The Morgan fingerprint density at radius 1 is 1.35 bits per heavy atom. The summed E-state index contributed by atoms with van der Waals surface area (Å²) < 4.78 is 0. The van der Waals surface area contributed by atoms with Crippen LogP contribution in [0.2, 0.25) is 0 Å². The third kappa shape index (κ3) is 4.94. The molecule has 3 atom stereocenters. The highest BCUT2D eigenvalue weighted by molar-refractivity contribution is 4.85. The number of nitrogens with zero attached hydrogens (tertiary/aromatic N) is 1. The van der Waals surface area contributed by atoms with E-state index >= 15 is 0 Å². The van der Waals surface area contributed by atoms with Crippen molar-refractivity contribution in [3.05, 3.63) is 0 Å². The van der Waals surface area contributed by atoms with E-state index in [-0.39, 0.29) is 0 Å². The van der Waals surface area contributed by atoms with Crippen LogP contribution in [0.25, 0.3) is 0 Å². The summed E-state index contributed by atoms with van der Waals surface area (Å²) in [6.07, 6.45) is 4.60. The minimum absolute atomic E-state index is 0.333. The first kappa shape index (κ1) is 14.9. The van der Waals surface area contributed by atoms with Crippen LogP contribution in [0.3, 0.4) is 0 Å². The topological polar surface area (TPSA) is 35.5 Å². The van der Waals surface area contributed by atoms with Crippen LogP contribution in [-0.2, 0) is 0 Å². The molecule has 0 saturated carbocycles. The summed E-state index contributed by atoms with van der Waals surface area (Å²) in [6, 6.07) is 1.29. The van der Waals surface area contributed by atoms with E-state index in [1.54, 1.807) is 0 Å². The van der Waals surface area contributed by atoms with Crippen LogP contribution in [-0.4, -0.2) is 48.3 Å². The number of aliphatic hydroxyl groups excluding tert-OH is 1. The molecule has 1 rings (SSSR count). The fraction of sp³-hybridized carbons (Fsp3) is 1.00. The first-order chi connectivity index (χ1) is 8.21. The number of piperidine rings is 1. The van der Waals surface area contributed by atoms with Crippen LogP contribution in [0.5, 0.6) is 0 Å². The molecule has 0 radical (unpaired) electrons. The molecule has 0 aromatic carbocycles. The predicted octanol–water partition coefficient (Wildman–Crippen LogP) is 1.86. The molecule has 1 heterocycles. The van der Waals surface area contributed by atoms with Crippen molar-refractivity contribution in [2.24, 2.45) is 5.92 Å². The number of nitrogens with one attached hydrogen (secondary N) is 1. The van der Waals surface area contributed by atoms with Gasteiger partial charge in [-0.15, -0.1) is 0 Å². The van der Waals surface area contributed by atoms with Crippen molar-refractivity contribution < 1.29 is 5.11 Å². The highest BCUT2D eigenvalue weighted by Gasteiger charge is 2.28. The highest BCUT2D eigenvalue weighted by Crippen LogP contribution is 2.22. The standard InChI is InChI=1S/C14H30N2O/c1-4-7-15-14-9-13(6-8-17)10-16(11-14)12(3)5-2/h12-15,17H,4-11H2,1-3H3. The van der Waals surface area contributed by atoms with Crippen molar-refractivity contribution in [2.45, 2.75) is 58.5 Å². The van der Waals surface area contributed by atoms with Gasteiger partial charge in [-0.3, -0.25) is 4.90 Å². The zero-order valence-corrected chi connectivity index (χ0v) is 11.8. The Labute approximate surface area is 107 Å². The average Bonchev–Trinajstić information content (AvgIpc) is 2.35. The Hall–Kier alpha value is -0.120. The van der Waals surface area contributed by atoms with Gasteiger partial charge in [0.25, 0.3) is 0 Å². The molecule has 1 fully saturated rings. The molecule has 0 bridgehead atoms. The summed E-state index contributed by atoms with van der Waals surface area (Å²) in [5.74, 6) is 0.664. The fourth-order valence-electron chi connectivity index (χ4n) is 2.75. The lowest BCUT2D eigenvalue weighted by Crippen LogP contribution is -2.52. The monoisotopic (exact) mass is 242 g/mol. The smallest absolute Gasteiger partial charge is 0.0434 e. The zero-order chi connectivity index (χ0) is 12.7. The maximum Gasteiger partial charge on any atom is 0.0434 e. The highest BCUT2D eigenvalue weighted by atomic mass is 16.3. The van der Waals surface area contributed by atoms with E-state index in [1.165, 1.54) is 32.4 Å². The molecule has 0 aromatic heterocycles. The normalized spacial score (nSPS) is 28.2. The van der Waals surface area contributed by atoms with E-state index in [1.807, 2.05) is 0 Å². The summed E-state index contributed by atoms with van der Waals surface area (Å²) in [4.78, 5) is 2.59. The number of likely N-dealkylation sites (tertiary alicyclic amines) is 1. The molecule has 17 heavy (non-hydrogen) atoms. The largest absolute Gasteiger partial charge is 0.396 e. The molecule has 1 aliphatic heterocycles. The molecule has 0 spiro atoms. The SMILES string of the molecule is CCCNC1CC(CCO)CN(C(C)CC)C1. The summed E-state index contributed by atoms with van der Waals surface area (Å²) in [5, 5.41) is 12.8. The van der Waals surface area contributed by atoms with E-state index in [2.05, 4.69) is 31.0 Å². The number of hydrogen-bond acceptors (Lipinski definition) is 3. The third-order valence-corrected chi connectivity index (χ3v) is 4.00. The van der Waals surface area contributed by atoms with Gasteiger partial charge >= 0.3 is 0 Å². The molecule has 0 aromatic rings. The van der Waals surface area contributed by atoms with E-state index in [0.717, 1.165) is 13.0 Å². The van der Waals surface area contributed by atoms with Crippen LogP contribution >= 0.6 is 0 Å². The average molecular weight is 242 g/mol. The summed E-state index contributed by atoms with van der Waals surface area (Å²) >= 11 is 0. The van der Waals surface area contributed by atoms with Gasteiger partial charge in [-0.1, -0.05) is 13.8 Å². The van der Waals surface area contributed by atoms with Gasteiger partial charge in [0.1, 0.15) is 0 Å². The van der Waals surface area contributed by atoms with Gasteiger partial charge in [0.15, 0.2) is 0 Å². The van der Waals surface area contributed by atoms with Gasteiger partial charge in [0.05, 0.1) is 0 Å². The first-order valence-electron chi connectivity index (χ1n) is 7.29. The van der Waals surface area contributed by atoms with Gasteiger partial charge in [-0.25, -0.2) is 0 Å². The number of rotatable bonds is 7. The van der Waals surface area contributed by atoms with Gasteiger partial charge in [0, 0.05) is 31.8 Å². The Balaban J connectivity index is 2.49. The Bertz CT molecular complexity index is 199. The molecule has 3 unspecified atom stereocenters. The Kier molecular flexibility index (Phi) is 7.09. The van der Waals surface area contributed by atoms with Crippen molar-refractivity contribution in [3.8, 4) is 0 Å². The maximum atomic E-state index is 9.12. The van der Waals surface area contributed by atoms with Crippen LogP contribution in [0.4, 0.5) is 0 Å². The minimum atomic E-state index is 0.333. The van der Waals surface area contributed by atoms with Crippen LogP contribution < -0.4 is 5.32 Å². The summed E-state index contributed by atoms with van der Waals surface area (Å²) in [7, 11) is 0. The fourth-order valence-corrected chi connectivity index (χ4v) is 2.75. The van der Waals surface area contributed by atoms with Gasteiger partial charge < -0.3 is 10.4 Å². The van der Waals surface area contributed by atoms with Crippen LogP contribution in [0, 0.1) is 5.92 Å². The van der Waals surface area contributed by atoms with Crippen LogP contribution in [0.1, 0.15) is 46.5 Å². The molecule has 0 aliphatic carbocycles. The lowest BCUT2D eigenvalue weighted by molar-refractivity contribution is 0.0890. The predicted molar refractivity (Wildman–Crippen MR) is 73.2 cm³/mol. The van der Waals surface area contributed by atoms with Crippen molar-refractivity contribution in [1.29, 1.82) is 0 Å². The van der Waals surface area contributed by atoms with E-state index in [4.69, 9.17) is 5.11 Å². The van der Waals surface area contributed by atoms with E-state index in [0.29, 0.717) is 24.6 Å². The lowest BCUT2D eigenvalue weighted by atomic mass is 9.90. The molecule has 1 saturated heterocycles. The maximum absolute atomic E-state index is 9.12. The summed E-state index contributed by atoms with van der Waals surface area (Å²) in [5.41, 5.74) is 0. The number of hydrogen-bond donors (Lipinski definition) is 2. The molecule has 1 aliphatic rings. The molecular formula is C14H30N2O. The second-order valence-electron chi connectivity index (χ2n) is 5.48. The van der Waals surface area contributed by atoms with Crippen molar-refractivity contribution in [1.82, 2.24) is 10.2 Å². The van der Waals surface area contributed by atoms with Crippen molar-refractivity contribution in [2.75, 3.05) is 26.2 Å². The second kappa shape index (κ2) is 8.06. The van der Waals surface area contributed by atoms with Crippen LogP contribution in [0.15, 0.2) is 0 Å². The minimum Gasteiger partial charge on any atom is -0.396 e. The van der Waals surface area contributed by atoms with Gasteiger partial charge in [-0.2, -0.15) is 0 Å². The Morgan fingerprint density at radius 3 is 2.71 bits per heavy atom. The van der Waals surface area contributed by atoms with E-state index < -0.39 is 0 Å². The summed E-state index contributed by atoms with van der Waals surface area (Å²) in [6.45, 7) is 10.6. The van der Waals surface area contributed by atoms with Crippen molar-refractivity contribution in [3.63, 3.8) is 0 Å². The Morgan fingerprint density at radius 2 is 2.12 bits per heavy atom. The van der Waals surface area contributed by atoms with Gasteiger partial charge in [0.2, 0.25) is 0 Å². The third-order valence-electron chi connectivity index (χ3n) is 4.00.